The maximum atomic E-state index is 5.67. The van der Waals surface area contributed by atoms with Gasteiger partial charge in [-0.2, -0.15) is 0 Å². The summed E-state index contributed by atoms with van der Waals surface area (Å²) >= 11 is 0. The molecule has 0 aromatic heterocycles. The van der Waals surface area contributed by atoms with Crippen molar-refractivity contribution in [2.75, 3.05) is 19.6 Å². The highest BCUT2D eigenvalue weighted by molar-refractivity contribution is 4.74. The van der Waals surface area contributed by atoms with Gasteiger partial charge in [-0.1, -0.05) is 13.3 Å². The van der Waals surface area contributed by atoms with Crippen LogP contribution >= 0.6 is 0 Å². The van der Waals surface area contributed by atoms with Crippen LogP contribution in [0.4, 0.5) is 0 Å². The molecule has 0 heterocycles. The highest BCUT2D eigenvalue weighted by Gasteiger charge is 2.19. The smallest absolute Gasteiger partial charge is 0.00205 e. The molecule has 0 aliphatic heterocycles. The third-order valence-corrected chi connectivity index (χ3v) is 2.91. The number of hydrogen-bond donors (Lipinski definition) is 2. The molecule has 1 saturated carbocycles. The fraction of sp³-hybridized carbons (Fsp3) is 1.00. The molecule has 3 N–H and O–H groups in total. The van der Waals surface area contributed by atoms with Crippen LogP contribution in [-0.2, 0) is 0 Å². The van der Waals surface area contributed by atoms with Gasteiger partial charge in [0.15, 0.2) is 0 Å². The zero-order valence-corrected chi connectivity index (χ0v) is 8.18. The van der Waals surface area contributed by atoms with Crippen molar-refractivity contribution in [3.8, 4) is 0 Å². The molecule has 0 saturated heterocycles. The molecule has 12 heavy (non-hydrogen) atoms. The summed E-state index contributed by atoms with van der Waals surface area (Å²) in [5.74, 6) is 1.70. The zero-order chi connectivity index (χ0) is 8.81. The monoisotopic (exact) mass is 170 g/mol. The molecule has 2 atom stereocenters. The molecule has 0 spiro atoms. The SMILES string of the molecule is CCNCC1CCCC(CN)C1. The van der Waals surface area contributed by atoms with Crippen molar-refractivity contribution in [1.29, 1.82) is 0 Å². The summed E-state index contributed by atoms with van der Waals surface area (Å²) < 4.78 is 0. The molecule has 0 radical (unpaired) electrons. The Morgan fingerprint density at radius 2 is 2.08 bits per heavy atom. The second kappa shape index (κ2) is 5.55. The van der Waals surface area contributed by atoms with Crippen LogP contribution in [0, 0.1) is 11.8 Å². The van der Waals surface area contributed by atoms with Gasteiger partial charge in [0.25, 0.3) is 0 Å². The van der Waals surface area contributed by atoms with Gasteiger partial charge >= 0.3 is 0 Å². The number of hydrogen-bond acceptors (Lipinski definition) is 2. The van der Waals surface area contributed by atoms with Gasteiger partial charge in [-0.05, 0) is 50.7 Å². The van der Waals surface area contributed by atoms with Crippen molar-refractivity contribution in [1.82, 2.24) is 5.32 Å². The van der Waals surface area contributed by atoms with Crippen molar-refractivity contribution < 1.29 is 0 Å². The van der Waals surface area contributed by atoms with Gasteiger partial charge in [0.2, 0.25) is 0 Å². The second-order valence-corrected chi connectivity index (χ2v) is 3.94. The Hall–Kier alpha value is -0.0800. The number of rotatable bonds is 4. The van der Waals surface area contributed by atoms with Gasteiger partial charge in [-0.3, -0.25) is 0 Å². The fourth-order valence-electron chi connectivity index (χ4n) is 2.15. The third-order valence-electron chi connectivity index (χ3n) is 2.91. The first-order valence-corrected chi connectivity index (χ1v) is 5.27. The van der Waals surface area contributed by atoms with Crippen molar-refractivity contribution in [3.05, 3.63) is 0 Å². The first kappa shape index (κ1) is 10.0. The lowest BCUT2D eigenvalue weighted by Crippen LogP contribution is -2.29. The Balaban J connectivity index is 2.16. The van der Waals surface area contributed by atoms with Crippen LogP contribution in [0.2, 0.25) is 0 Å². The molecule has 0 amide bonds. The Labute approximate surface area is 75.9 Å². The summed E-state index contributed by atoms with van der Waals surface area (Å²) in [6.45, 7) is 5.36. The lowest BCUT2D eigenvalue weighted by atomic mass is 9.81. The molecule has 1 aliphatic carbocycles. The molecule has 2 unspecified atom stereocenters. The minimum absolute atomic E-state index is 0.808. The van der Waals surface area contributed by atoms with Crippen LogP contribution in [0.5, 0.6) is 0 Å². The van der Waals surface area contributed by atoms with E-state index in [1.807, 2.05) is 0 Å². The Morgan fingerprint density at radius 3 is 2.75 bits per heavy atom. The summed E-state index contributed by atoms with van der Waals surface area (Å²) in [7, 11) is 0. The van der Waals surface area contributed by atoms with Gasteiger partial charge < -0.3 is 11.1 Å². The van der Waals surface area contributed by atoms with Crippen molar-refractivity contribution in [2.45, 2.75) is 32.6 Å². The third kappa shape index (κ3) is 3.11. The number of nitrogens with one attached hydrogen (secondary N) is 1. The lowest BCUT2D eigenvalue weighted by Gasteiger charge is -2.28. The Bertz CT molecular complexity index is 114. The van der Waals surface area contributed by atoms with Gasteiger partial charge in [0.05, 0.1) is 0 Å². The normalized spacial score (nSPS) is 30.5. The molecule has 2 nitrogen and oxygen atoms in total. The average molecular weight is 170 g/mol. The summed E-state index contributed by atoms with van der Waals surface area (Å²) in [6, 6.07) is 0. The van der Waals surface area contributed by atoms with Crippen molar-refractivity contribution in [3.63, 3.8) is 0 Å². The molecule has 0 aromatic carbocycles. The van der Waals surface area contributed by atoms with E-state index in [4.69, 9.17) is 5.73 Å². The summed E-state index contributed by atoms with van der Waals surface area (Å²) in [6.07, 6.45) is 5.50. The van der Waals surface area contributed by atoms with Gasteiger partial charge in [0.1, 0.15) is 0 Å². The van der Waals surface area contributed by atoms with Gasteiger partial charge in [-0.15, -0.1) is 0 Å². The largest absolute Gasteiger partial charge is 0.330 e. The van der Waals surface area contributed by atoms with E-state index in [1.54, 1.807) is 0 Å². The van der Waals surface area contributed by atoms with E-state index in [0.29, 0.717) is 0 Å². The predicted molar refractivity (Wildman–Crippen MR) is 53.0 cm³/mol. The molecule has 1 fully saturated rings. The maximum absolute atomic E-state index is 5.67. The van der Waals surface area contributed by atoms with Gasteiger partial charge in [0, 0.05) is 0 Å². The van der Waals surface area contributed by atoms with E-state index in [9.17, 15) is 0 Å². The molecule has 0 aromatic rings. The molecule has 2 heteroatoms. The van der Waals surface area contributed by atoms with E-state index in [-0.39, 0.29) is 0 Å². The number of nitrogens with two attached hydrogens (primary N) is 1. The average Bonchev–Trinajstić information content (AvgIpc) is 2.15. The van der Waals surface area contributed by atoms with E-state index in [0.717, 1.165) is 24.9 Å². The zero-order valence-electron chi connectivity index (χ0n) is 8.18. The lowest BCUT2D eigenvalue weighted by molar-refractivity contribution is 0.265. The van der Waals surface area contributed by atoms with Crippen LogP contribution in [0.1, 0.15) is 32.6 Å². The van der Waals surface area contributed by atoms with Crippen LogP contribution in [-0.4, -0.2) is 19.6 Å². The highest BCUT2D eigenvalue weighted by atomic mass is 14.8. The second-order valence-electron chi connectivity index (χ2n) is 3.94. The summed E-state index contributed by atoms with van der Waals surface area (Å²) in [4.78, 5) is 0. The summed E-state index contributed by atoms with van der Waals surface area (Å²) in [5.41, 5.74) is 5.67. The van der Waals surface area contributed by atoms with Crippen LogP contribution in [0.3, 0.4) is 0 Å². The summed E-state index contributed by atoms with van der Waals surface area (Å²) in [5, 5.41) is 3.42. The predicted octanol–water partition coefficient (Wildman–Crippen LogP) is 1.36. The molecule has 72 valence electrons. The minimum atomic E-state index is 0.808. The van der Waals surface area contributed by atoms with E-state index in [1.165, 1.54) is 32.2 Å². The van der Waals surface area contributed by atoms with E-state index in [2.05, 4.69) is 12.2 Å². The maximum Gasteiger partial charge on any atom is -0.00205 e. The van der Waals surface area contributed by atoms with E-state index < -0.39 is 0 Å². The Kier molecular flexibility index (Phi) is 4.62. The van der Waals surface area contributed by atoms with Crippen LogP contribution in [0.15, 0.2) is 0 Å². The van der Waals surface area contributed by atoms with Crippen molar-refractivity contribution >= 4 is 0 Å². The Morgan fingerprint density at radius 1 is 1.33 bits per heavy atom. The van der Waals surface area contributed by atoms with E-state index >= 15 is 0 Å². The van der Waals surface area contributed by atoms with Crippen molar-refractivity contribution in [2.24, 2.45) is 17.6 Å². The molecule has 0 bridgehead atoms. The first-order valence-electron chi connectivity index (χ1n) is 5.27. The fourth-order valence-corrected chi connectivity index (χ4v) is 2.15. The molecule has 1 rings (SSSR count). The minimum Gasteiger partial charge on any atom is -0.330 e. The van der Waals surface area contributed by atoms with Crippen LogP contribution < -0.4 is 11.1 Å². The highest BCUT2D eigenvalue weighted by Crippen LogP contribution is 2.27. The standard InChI is InChI=1S/C10H22N2/c1-2-12-8-10-5-3-4-9(6-10)7-11/h9-10,12H,2-8,11H2,1H3. The first-order chi connectivity index (χ1) is 5.86. The molecular weight excluding hydrogens is 148 g/mol. The van der Waals surface area contributed by atoms with Crippen LogP contribution in [0.25, 0.3) is 0 Å². The van der Waals surface area contributed by atoms with Gasteiger partial charge in [-0.25, -0.2) is 0 Å². The topological polar surface area (TPSA) is 38.0 Å². The quantitative estimate of drug-likeness (QED) is 0.668. The molecule has 1 aliphatic rings. The molecular formula is C10H22N2.